The molecular weight excluding hydrogens is 376 g/mol. The number of esters is 1. The van der Waals surface area contributed by atoms with Gasteiger partial charge >= 0.3 is 12.6 Å². The molecule has 2 aromatic rings. The van der Waals surface area contributed by atoms with Crippen LogP contribution in [0, 0.1) is 0 Å². The molecule has 0 radical (unpaired) electrons. The SMILES string of the molecule is COc1cc(C(=O)OCC(=O)c2ccc(NC(C)=O)cc2)ccc1OC(F)F. The zero-order valence-corrected chi connectivity index (χ0v) is 15.0. The summed E-state index contributed by atoms with van der Waals surface area (Å²) >= 11 is 0. The Bertz CT molecular complexity index is 867. The summed E-state index contributed by atoms with van der Waals surface area (Å²) in [6.07, 6.45) is 0. The van der Waals surface area contributed by atoms with Gasteiger partial charge in [-0.25, -0.2) is 4.79 Å². The lowest BCUT2D eigenvalue weighted by Crippen LogP contribution is -2.14. The van der Waals surface area contributed by atoms with E-state index < -0.39 is 25.0 Å². The lowest BCUT2D eigenvalue weighted by molar-refractivity contribution is -0.114. The summed E-state index contributed by atoms with van der Waals surface area (Å²) in [6, 6.07) is 9.60. The average molecular weight is 393 g/mol. The van der Waals surface area contributed by atoms with Crippen LogP contribution in [-0.2, 0) is 9.53 Å². The Labute approximate surface area is 159 Å². The fraction of sp³-hybridized carbons (Fsp3) is 0.211. The van der Waals surface area contributed by atoms with Crippen molar-refractivity contribution in [3.63, 3.8) is 0 Å². The van der Waals surface area contributed by atoms with E-state index in [0.717, 1.165) is 6.07 Å². The minimum Gasteiger partial charge on any atom is -0.493 e. The van der Waals surface area contributed by atoms with Crippen LogP contribution in [0.25, 0.3) is 0 Å². The van der Waals surface area contributed by atoms with Crippen LogP contribution in [0.15, 0.2) is 42.5 Å². The number of rotatable bonds is 8. The highest BCUT2D eigenvalue weighted by molar-refractivity contribution is 6.00. The molecule has 0 saturated heterocycles. The summed E-state index contributed by atoms with van der Waals surface area (Å²) in [5.74, 6) is -1.83. The van der Waals surface area contributed by atoms with Crippen LogP contribution in [0.2, 0.25) is 0 Å². The van der Waals surface area contributed by atoms with Crippen molar-refractivity contribution in [3.8, 4) is 11.5 Å². The number of hydrogen-bond donors (Lipinski definition) is 1. The van der Waals surface area contributed by atoms with E-state index >= 15 is 0 Å². The van der Waals surface area contributed by atoms with Crippen LogP contribution in [0.3, 0.4) is 0 Å². The molecule has 0 atom stereocenters. The number of carbonyl (C=O) groups excluding carboxylic acids is 3. The second-order valence-electron chi connectivity index (χ2n) is 5.50. The fourth-order valence-corrected chi connectivity index (χ4v) is 2.23. The number of benzene rings is 2. The van der Waals surface area contributed by atoms with Gasteiger partial charge in [0.05, 0.1) is 12.7 Å². The summed E-state index contributed by atoms with van der Waals surface area (Å²) in [6.45, 7) is -2.20. The van der Waals surface area contributed by atoms with Crippen molar-refractivity contribution in [2.75, 3.05) is 19.0 Å². The molecule has 1 N–H and O–H groups in total. The van der Waals surface area contributed by atoms with E-state index in [1.54, 1.807) is 12.1 Å². The number of Topliss-reactive ketones (excluding diaryl/α,β-unsaturated/α-hetero) is 1. The van der Waals surface area contributed by atoms with E-state index in [4.69, 9.17) is 9.47 Å². The van der Waals surface area contributed by atoms with Crippen LogP contribution in [0.4, 0.5) is 14.5 Å². The first kappa shape index (κ1) is 20.8. The standard InChI is InChI=1S/C19H17F2NO6/c1-11(23)22-14-6-3-12(4-7-14)15(24)10-27-18(25)13-5-8-16(28-19(20)21)17(9-13)26-2/h3-9,19H,10H2,1-2H3,(H,22,23). The highest BCUT2D eigenvalue weighted by Crippen LogP contribution is 2.29. The smallest absolute Gasteiger partial charge is 0.387 e. The largest absolute Gasteiger partial charge is 0.493 e. The van der Waals surface area contributed by atoms with Gasteiger partial charge in [0, 0.05) is 18.2 Å². The first-order valence-electron chi connectivity index (χ1n) is 8.01. The third-order valence-electron chi connectivity index (χ3n) is 3.48. The van der Waals surface area contributed by atoms with Crippen molar-refractivity contribution in [1.82, 2.24) is 0 Å². The van der Waals surface area contributed by atoms with Crippen LogP contribution in [0.5, 0.6) is 11.5 Å². The monoisotopic (exact) mass is 393 g/mol. The van der Waals surface area contributed by atoms with Gasteiger partial charge in [-0.05, 0) is 42.5 Å². The first-order valence-corrected chi connectivity index (χ1v) is 8.01. The number of methoxy groups -OCH3 is 1. The first-order chi connectivity index (χ1) is 13.3. The normalized spacial score (nSPS) is 10.3. The van der Waals surface area contributed by atoms with Crippen molar-refractivity contribution in [2.24, 2.45) is 0 Å². The molecular formula is C19H17F2NO6. The highest BCUT2D eigenvalue weighted by Gasteiger charge is 2.16. The number of hydrogen-bond acceptors (Lipinski definition) is 6. The predicted molar refractivity (Wildman–Crippen MR) is 95.0 cm³/mol. The van der Waals surface area contributed by atoms with E-state index in [0.29, 0.717) is 11.3 Å². The second-order valence-corrected chi connectivity index (χ2v) is 5.50. The number of amides is 1. The zero-order chi connectivity index (χ0) is 20.7. The highest BCUT2D eigenvalue weighted by atomic mass is 19.3. The molecule has 0 spiro atoms. The van der Waals surface area contributed by atoms with Gasteiger partial charge in [0.25, 0.3) is 0 Å². The molecule has 2 aromatic carbocycles. The van der Waals surface area contributed by atoms with Gasteiger partial charge in [-0.3, -0.25) is 9.59 Å². The number of anilines is 1. The van der Waals surface area contributed by atoms with Crippen LogP contribution in [-0.4, -0.2) is 38.0 Å². The quantitative estimate of drug-likeness (QED) is 0.547. The van der Waals surface area contributed by atoms with E-state index in [9.17, 15) is 23.2 Å². The van der Waals surface area contributed by atoms with Gasteiger partial charge in [-0.15, -0.1) is 0 Å². The number of halogens is 2. The van der Waals surface area contributed by atoms with Crippen LogP contribution < -0.4 is 14.8 Å². The molecule has 7 nitrogen and oxygen atoms in total. The van der Waals surface area contributed by atoms with Crippen molar-refractivity contribution in [1.29, 1.82) is 0 Å². The minimum atomic E-state index is -3.04. The Morgan fingerprint density at radius 3 is 2.21 bits per heavy atom. The fourth-order valence-electron chi connectivity index (χ4n) is 2.23. The van der Waals surface area contributed by atoms with Gasteiger partial charge in [0.2, 0.25) is 5.91 Å². The van der Waals surface area contributed by atoms with Gasteiger partial charge in [0.1, 0.15) is 0 Å². The Balaban J connectivity index is 1.99. The molecule has 9 heteroatoms. The predicted octanol–water partition coefficient (Wildman–Crippen LogP) is 3.29. The molecule has 28 heavy (non-hydrogen) atoms. The zero-order valence-electron chi connectivity index (χ0n) is 15.0. The summed E-state index contributed by atoms with van der Waals surface area (Å²) in [7, 11) is 1.23. The number of alkyl halides is 2. The molecule has 0 heterocycles. The molecule has 148 valence electrons. The average Bonchev–Trinajstić information content (AvgIpc) is 2.65. The van der Waals surface area contributed by atoms with Crippen LogP contribution in [0.1, 0.15) is 27.6 Å². The van der Waals surface area contributed by atoms with Crippen LogP contribution >= 0.6 is 0 Å². The summed E-state index contributed by atoms with van der Waals surface area (Å²) in [5, 5.41) is 2.57. The van der Waals surface area contributed by atoms with Crippen molar-refractivity contribution in [3.05, 3.63) is 53.6 Å². The topological polar surface area (TPSA) is 90.9 Å². The molecule has 1 amide bonds. The van der Waals surface area contributed by atoms with E-state index in [2.05, 4.69) is 10.1 Å². The number of nitrogens with one attached hydrogen (secondary N) is 1. The molecule has 2 rings (SSSR count). The van der Waals surface area contributed by atoms with E-state index in [1.807, 2.05) is 0 Å². The van der Waals surface area contributed by atoms with Crippen molar-refractivity contribution in [2.45, 2.75) is 13.5 Å². The Kier molecular flexibility index (Phi) is 7.02. The second kappa shape index (κ2) is 9.45. The van der Waals surface area contributed by atoms with Gasteiger partial charge in [0.15, 0.2) is 23.9 Å². The lowest BCUT2D eigenvalue weighted by Gasteiger charge is -2.11. The minimum absolute atomic E-state index is 0.00673. The molecule has 0 aromatic heterocycles. The molecule has 0 bridgehead atoms. The lowest BCUT2D eigenvalue weighted by atomic mass is 10.1. The molecule has 0 fully saturated rings. The summed E-state index contributed by atoms with van der Waals surface area (Å²) in [4.78, 5) is 35.2. The van der Waals surface area contributed by atoms with Crippen molar-refractivity contribution < 1.29 is 37.4 Å². The molecule has 0 aliphatic rings. The van der Waals surface area contributed by atoms with Crippen molar-refractivity contribution >= 4 is 23.3 Å². The Morgan fingerprint density at radius 2 is 1.64 bits per heavy atom. The third-order valence-corrected chi connectivity index (χ3v) is 3.48. The maximum Gasteiger partial charge on any atom is 0.387 e. The Morgan fingerprint density at radius 1 is 1.00 bits per heavy atom. The molecule has 0 aliphatic heterocycles. The van der Waals surface area contributed by atoms with E-state index in [1.165, 1.54) is 38.3 Å². The molecule has 0 aliphatic carbocycles. The van der Waals surface area contributed by atoms with E-state index in [-0.39, 0.29) is 23.0 Å². The van der Waals surface area contributed by atoms with Gasteiger partial charge < -0.3 is 19.5 Å². The molecule has 0 saturated carbocycles. The van der Waals surface area contributed by atoms with Gasteiger partial charge in [-0.1, -0.05) is 0 Å². The Hall–Kier alpha value is -3.49. The molecule has 0 unspecified atom stereocenters. The maximum atomic E-state index is 12.3. The number of carbonyl (C=O) groups is 3. The number of ether oxygens (including phenoxy) is 3. The summed E-state index contributed by atoms with van der Waals surface area (Å²) in [5.41, 5.74) is 0.826. The maximum absolute atomic E-state index is 12.3. The summed E-state index contributed by atoms with van der Waals surface area (Å²) < 4.78 is 38.8. The third kappa shape index (κ3) is 5.76. The van der Waals surface area contributed by atoms with Gasteiger partial charge in [-0.2, -0.15) is 8.78 Å². The number of ketones is 1.